The van der Waals surface area contributed by atoms with E-state index in [4.69, 9.17) is 51.6 Å². The van der Waals surface area contributed by atoms with E-state index in [1.807, 2.05) is 13.8 Å². The lowest BCUT2D eigenvalue weighted by Gasteiger charge is -2.65. The summed E-state index contributed by atoms with van der Waals surface area (Å²) in [6.45, 7) is 4.19. The molecule has 7 heterocycles. The standard InChI is InChI=1S/C48H44Cl2N6O12/c1-7-9-16-53-29-13-11-25(49)20-27(29)47(44(53)61)34(40(57)63-3)36(42(59)65-5)55-18-15-46(23-52)31-19-24(22-51)32(33(46)39(55)68-47)38-56(31)37(43(60)66-6)35(41(58)64-4)48(67-38)28-21-26(50)12-14-30(28)54(45(48)62)17-10-8-2/h11-15,18-21,31-33,38-39H,7-10,16-17H2,1-6H3. The molecule has 1 aliphatic carbocycles. The molecule has 0 saturated carbocycles. The molecule has 0 radical (unpaired) electrons. The lowest BCUT2D eigenvalue weighted by atomic mass is 9.53. The molecule has 7 aliphatic heterocycles. The number of anilines is 2. The Morgan fingerprint density at radius 2 is 1.21 bits per heavy atom. The molecule has 68 heavy (non-hydrogen) atoms. The molecule has 2 amide bonds. The highest BCUT2D eigenvalue weighted by molar-refractivity contribution is 6.31. The van der Waals surface area contributed by atoms with E-state index in [2.05, 4.69) is 12.1 Å². The Kier molecular flexibility index (Phi) is 11.5. The van der Waals surface area contributed by atoms with Crippen molar-refractivity contribution in [2.75, 3.05) is 51.3 Å². The fourth-order valence-corrected chi connectivity index (χ4v) is 11.6. The zero-order valence-corrected chi connectivity index (χ0v) is 39.2. The number of methoxy groups -OCH3 is 4. The molecule has 2 bridgehead atoms. The molecule has 0 aromatic heterocycles. The van der Waals surface area contributed by atoms with Gasteiger partial charge in [0.2, 0.25) is 11.2 Å². The fraction of sp³-hybridized carbons (Fsp3) is 0.417. The van der Waals surface area contributed by atoms with Crippen molar-refractivity contribution in [3.05, 3.63) is 104 Å². The summed E-state index contributed by atoms with van der Waals surface area (Å²) in [4.78, 5) is 94.2. The molecule has 8 atom stereocenters. The van der Waals surface area contributed by atoms with Crippen LogP contribution >= 0.6 is 23.2 Å². The van der Waals surface area contributed by atoms with Crippen LogP contribution in [-0.4, -0.2) is 106 Å². The van der Waals surface area contributed by atoms with Crippen LogP contribution in [0.4, 0.5) is 11.4 Å². The molecule has 0 N–H and O–H groups in total. The Labute approximate surface area is 400 Å². The van der Waals surface area contributed by atoms with E-state index in [0.29, 0.717) is 37.1 Å². The monoisotopic (exact) mass is 966 g/mol. The van der Waals surface area contributed by atoms with Crippen LogP contribution in [0.5, 0.6) is 0 Å². The van der Waals surface area contributed by atoms with Gasteiger partial charge < -0.3 is 48.0 Å². The van der Waals surface area contributed by atoms with Crippen molar-refractivity contribution in [1.29, 1.82) is 10.5 Å². The minimum atomic E-state index is -2.48. The van der Waals surface area contributed by atoms with Gasteiger partial charge in [0.25, 0.3) is 11.8 Å². The third-order valence-corrected chi connectivity index (χ3v) is 14.5. The van der Waals surface area contributed by atoms with Gasteiger partial charge in [0.1, 0.15) is 40.4 Å². The van der Waals surface area contributed by atoms with Crippen LogP contribution < -0.4 is 9.80 Å². The first kappa shape index (κ1) is 46.4. The van der Waals surface area contributed by atoms with Crippen LogP contribution in [-0.2, 0) is 68.4 Å². The second-order valence-corrected chi connectivity index (χ2v) is 18.0. The van der Waals surface area contributed by atoms with Crippen molar-refractivity contribution < 1.29 is 57.2 Å². The van der Waals surface area contributed by atoms with Gasteiger partial charge in [-0.1, -0.05) is 49.9 Å². The van der Waals surface area contributed by atoms with Gasteiger partial charge in [0, 0.05) is 57.9 Å². The van der Waals surface area contributed by atoms with Crippen LogP contribution in [0.25, 0.3) is 0 Å². The van der Waals surface area contributed by atoms with Crippen molar-refractivity contribution in [1.82, 2.24) is 9.80 Å². The highest BCUT2D eigenvalue weighted by Gasteiger charge is 2.75. The number of nitrogens with zero attached hydrogens (tertiary/aromatic N) is 6. The number of esters is 4. The molecule has 1 fully saturated rings. The third-order valence-electron chi connectivity index (χ3n) is 14.1. The molecule has 2 aromatic rings. The molecule has 8 aliphatic rings. The van der Waals surface area contributed by atoms with Crippen molar-refractivity contribution in [2.24, 2.45) is 17.3 Å². The third kappa shape index (κ3) is 5.93. The Morgan fingerprint density at radius 1 is 0.721 bits per heavy atom. The second-order valence-electron chi connectivity index (χ2n) is 17.1. The van der Waals surface area contributed by atoms with Crippen LogP contribution in [0.2, 0.25) is 10.0 Å². The SMILES string of the molecule is CCCCN1C(=O)C2(OC3C4C5C(C#N)=CC(N6C(C(=O)OC)=C(C(=O)OC)C7(OC56)C(=O)N(CCCC)c5ccc(Cl)cc57)C4(C#N)C=CN3C(C(=O)OC)=C2C(=O)OC)c2cc(Cl)ccc21. The zero-order chi connectivity index (χ0) is 48.8. The number of unbranched alkanes of at least 4 members (excludes halogenated alkanes) is 2. The van der Waals surface area contributed by atoms with Gasteiger partial charge in [-0.25, -0.2) is 19.2 Å². The van der Waals surface area contributed by atoms with Gasteiger partial charge >= 0.3 is 23.9 Å². The van der Waals surface area contributed by atoms with Gasteiger partial charge in [0.15, 0.2) is 0 Å². The van der Waals surface area contributed by atoms with Crippen molar-refractivity contribution in [3.63, 3.8) is 0 Å². The van der Waals surface area contributed by atoms with Crippen LogP contribution in [0, 0.1) is 39.9 Å². The van der Waals surface area contributed by atoms with Gasteiger partial charge in [-0.15, -0.1) is 0 Å². The first-order valence-corrected chi connectivity index (χ1v) is 22.6. The maximum absolute atomic E-state index is 15.5. The minimum absolute atomic E-state index is 0.00800. The number of amides is 2. The number of hydrogen-bond acceptors (Lipinski definition) is 16. The number of benzene rings is 2. The molecule has 8 unspecified atom stereocenters. The Bertz CT molecular complexity index is 2850. The molecule has 352 valence electrons. The van der Waals surface area contributed by atoms with Gasteiger partial charge in [-0.3, -0.25) is 9.59 Å². The Hall–Kier alpha value is -6.70. The number of nitriles is 2. The van der Waals surface area contributed by atoms with E-state index < -0.39 is 105 Å². The molecular formula is C48H44Cl2N6O12. The molecule has 2 aromatic carbocycles. The number of rotatable bonds is 10. The van der Waals surface area contributed by atoms with E-state index in [1.54, 1.807) is 24.3 Å². The largest absolute Gasteiger partial charge is 0.465 e. The molecule has 1 saturated heterocycles. The maximum atomic E-state index is 15.5. The molecule has 10 rings (SSSR count). The molecule has 18 nitrogen and oxygen atoms in total. The summed E-state index contributed by atoms with van der Waals surface area (Å²) in [5.41, 5.74) is -8.02. The first-order chi connectivity index (χ1) is 32.7. The summed E-state index contributed by atoms with van der Waals surface area (Å²) in [6.07, 6.45) is 3.40. The predicted molar refractivity (Wildman–Crippen MR) is 238 cm³/mol. The zero-order valence-electron chi connectivity index (χ0n) is 37.7. The number of carbonyl (C=O) groups is 6. The summed E-state index contributed by atoms with van der Waals surface area (Å²) in [6, 6.07) is 12.5. The van der Waals surface area contributed by atoms with E-state index >= 15 is 9.59 Å². The summed E-state index contributed by atoms with van der Waals surface area (Å²) in [5.74, 6) is -8.75. The van der Waals surface area contributed by atoms with E-state index in [1.165, 1.54) is 50.1 Å². The summed E-state index contributed by atoms with van der Waals surface area (Å²) < 4.78 is 35.7. The number of piperidine rings is 1. The smallest absolute Gasteiger partial charge is 0.355 e. The topological polar surface area (TPSA) is 218 Å². The van der Waals surface area contributed by atoms with Crippen molar-refractivity contribution >= 4 is 70.3 Å². The molecule has 2 spiro atoms. The second kappa shape index (κ2) is 16.8. The number of fused-ring (bicyclic) bond motifs is 5. The summed E-state index contributed by atoms with van der Waals surface area (Å²) in [7, 11) is 4.31. The molecule has 20 heteroatoms. The van der Waals surface area contributed by atoms with Crippen LogP contribution in [0.3, 0.4) is 0 Å². The Balaban J connectivity index is 1.35. The normalized spacial score (nSPS) is 29.2. The van der Waals surface area contributed by atoms with Gasteiger partial charge in [-0.2, -0.15) is 10.5 Å². The average Bonchev–Trinajstić information content (AvgIpc) is 3.71. The summed E-state index contributed by atoms with van der Waals surface area (Å²) >= 11 is 13.3. The van der Waals surface area contributed by atoms with Crippen molar-refractivity contribution in [3.8, 4) is 12.1 Å². The maximum Gasteiger partial charge on any atom is 0.355 e. The fourth-order valence-electron chi connectivity index (χ4n) is 11.2. The predicted octanol–water partition coefficient (Wildman–Crippen LogP) is 5.01. The highest BCUT2D eigenvalue weighted by Crippen LogP contribution is 2.66. The summed E-state index contributed by atoms with van der Waals surface area (Å²) in [5, 5.41) is 23.1. The van der Waals surface area contributed by atoms with Gasteiger partial charge in [0.05, 0.1) is 58.0 Å². The highest BCUT2D eigenvalue weighted by atomic mass is 35.5. The quantitative estimate of drug-likeness (QED) is 0.226. The van der Waals surface area contributed by atoms with E-state index in [9.17, 15) is 29.7 Å². The minimum Gasteiger partial charge on any atom is -0.465 e. The van der Waals surface area contributed by atoms with Crippen LogP contribution in [0.1, 0.15) is 50.7 Å². The number of halogens is 2. The van der Waals surface area contributed by atoms with Crippen molar-refractivity contribution in [2.45, 2.75) is 69.2 Å². The van der Waals surface area contributed by atoms with Gasteiger partial charge in [-0.05, 0) is 61.4 Å². The molecular weight excluding hydrogens is 923 g/mol. The average molecular weight is 968 g/mol. The first-order valence-electron chi connectivity index (χ1n) is 21.9. The Morgan fingerprint density at radius 3 is 1.68 bits per heavy atom. The van der Waals surface area contributed by atoms with E-state index in [0.717, 1.165) is 28.4 Å². The number of carbonyl (C=O) groups excluding carboxylic acids is 6. The number of hydrogen-bond donors (Lipinski definition) is 0. The lowest BCUT2D eigenvalue weighted by molar-refractivity contribution is -0.258. The lowest BCUT2D eigenvalue weighted by Crippen LogP contribution is -2.75. The number of ether oxygens (including phenoxy) is 6. The van der Waals surface area contributed by atoms with E-state index in [-0.39, 0.29) is 39.8 Å². The van der Waals surface area contributed by atoms with Crippen LogP contribution in [0.15, 0.2) is 82.9 Å².